The fourth-order valence-electron chi connectivity index (χ4n) is 3.11. The van der Waals surface area contributed by atoms with Crippen molar-refractivity contribution in [2.24, 2.45) is 0 Å². The van der Waals surface area contributed by atoms with E-state index < -0.39 is 5.97 Å². The van der Waals surface area contributed by atoms with Crippen molar-refractivity contribution in [3.8, 4) is 0 Å². The summed E-state index contributed by atoms with van der Waals surface area (Å²) in [4.78, 5) is 14.1. The van der Waals surface area contributed by atoms with E-state index in [1.165, 1.54) is 12.8 Å². The van der Waals surface area contributed by atoms with Gasteiger partial charge in [0.2, 0.25) is 0 Å². The van der Waals surface area contributed by atoms with Crippen molar-refractivity contribution >= 4 is 46.3 Å². The molecule has 2 N–H and O–H groups in total. The number of methoxy groups -OCH3 is 1. The average Bonchev–Trinajstić information content (AvgIpc) is 2.75. The zero-order valence-corrected chi connectivity index (χ0v) is 18.0. The molecule has 1 atom stereocenters. The van der Waals surface area contributed by atoms with Gasteiger partial charge in [-0.15, -0.1) is 0 Å². The molecule has 0 bridgehead atoms. The van der Waals surface area contributed by atoms with Gasteiger partial charge in [-0.25, -0.2) is 4.79 Å². The molecule has 8 heteroatoms. The first-order chi connectivity index (χ1) is 14.0. The van der Waals surface area contributed by atoms with Crippen LogP contribution in [-0.2, 0) is 9.47 Å². The van der Waals surface area contributed by atoms with Gasteiger partial charge >= 0.3 is 5.97 Å². The molecule has 6 nitrogen and oxygen atoms in total. The minimum Gasteiger partial charge on any atom is -0.465 e. The Morgan fingerprint density at radius 2 is 1.90 bits per heavy atom. The summed E-state index contributed by atoms with van der Waals surface area (Å²) in [6, 6.07) is 13.5. The van der Waals surface area contributed by atoms with Crippen molar-refractivity contribution in [2.75, 3.05) is 43.6 Å². The Hall–Kier alpha value is -2.35. The number of carbonyl (C=O) groups excluding carboxylic acids is 1. The summed E-state index contributed by atoms with van der Waals surface area (Å²) in [5.74, 6) is -0.494. The maximum absolute atomic E-state index is 11.8. The predicted octanol–water partition coefficient (Wildman–Crippen LogP) is 4.01. The fourth-order valence-corrected chi connectivity index (χ4v) is 3.60. The van der Waals surface area contributed by atoms with E-state index >= 15 is 0 Å². The third-order valence-corrected chi connectivity index (χ3v) is 5.30. The highest BCUT2D eigenvalue weighted by Gasteiger charge is 2.14. The third kappa shape index (κ3) is 5.59. The lowest BCUT2D eigenvalue weighted by Gasteiger charge is -2.29. The second-order valence-corrected chi connectivity index (χ2v) is 7.51. The summed E-state index contributed by atoms with van der Waals surface area (Å²) in [6.07, 6.45) is 0. The number of thiocarbonyl (C=S) groups is 1. The number of morpholine rings is 1. The van der Waals surface area contributed by atoms with Crippen LogP contribution in [0, 0.1) is 0 Å². The quantitative estimate of drug-likeness (QED) is 0.545. The summed E-state index contributed by atoms with van der Waals surface area (Å²) in [6.45, 7) is 5.40. The molecule has 1 fully saturated rings. The lowest BCUT2D eigenvalue weighted by molar-refractivity contribution is 0.0601. The first-order valence-electron chi connectivity index (χ1n) is 9.36. The average molecular weight is 434 g/mol. The van der Waals surface area contributed by atoms with Crippen molar-refractivity contribution in [1.82, 2.24) is 5.32 Å². The normalized spacial score (nSPS) is 14.8. The first-order valence-corrected chi connectivity index (χ1v) is 10.1. The van der Waals surface area contributed by atoms with E-state index in [0.717, 1.165) is 31.9 Å². The minimum atomic E-state index is -0.494. The van der Waals surface area contributed by atoms with E-state index in [1.807, 2.05) is 6.92 Å². The lowest BCUT2D eigenvalue weighted by atomic mass is 10.1. The predicted molar refractivity (Wildman–Crippen MR) is 120 cm³/mol. The van der Waals surface area contributed by atoms with Crippen molar-refractivity contribution < 1.29 is 14.3 Å². The highest BCUT2D eigenvalue weighted by Crippen LogP contribution is 2.23. The van der Waals surface area contributed by atoms with E-state index in [4.69, 9.17) is 33.3 Å². The monoisotopic (exact) mass is 433 g/mol. The zero-order valence-electron chi connectivity index (χ0n) is 16.4. The van der Waals surface area contributed by atoms with Gasteiger partial charge in [0.25, 0.3) is 0 Å². The summed E-state index contributed by atoms with van der Waals surface area (Å²) >= 11 is 11.5. The largest absolute Gasteiger partial charge is 0.465 e. The van der Waals surface area contributed by atoms with Gasteiger partial charge in [0.1, 0.15) is 0 Å². The number of benzene rings is 2. The smallest absolute Gasteiger partial charge is 0.339 e. The van der Waals surface area contributed by atoms with Crippen LogP contribution in [-0.4, -0.2) is 44.5 Å². The highest BCUT2D eigenvalue weighted by molar-refractivity contribution is 7.80. The van der Waals surface area contributed by atoms with Crippen LogP contribution in [0.15, 0.2) is 42.5 Å². The molecule has 1 unspecified atom stereocenters. The van der Waals surface area contributed by atoms with Crippen molar-refractivity contribution in [3.05, 3.63) is 58.6 Å². The standard InChI is InChI=1S/C21H24ClN3O3S/c1-14(15-3-6-17(7-4-15)25-9-11-28-12-10-25)23-21(29)24-16-5-8-19(22)18(13-16)20(26)27-2/h3-8,13-14H,9-12H2,1-2H3,(H2,23,24,29). The number of halogens is 1. The summed E-state index contributed by atoms with van der Waals surface area (Å²) in [5, 5.41) is 7.12. The molecule has 1 saturated heterocycles. The van der Waals surface area contributed by atoms with E-state index in [9.17, 15) is 4.79 Å². The number of hydrogen-bond donors (Lipinski definition) is 2. The van der Waals surface area contributed by atoms with E-state index in [-0.39, 0.29) is 11.6 Å². The van der Waals surface area contributed by atoms with E-state index in [0.29, 0.717) is 15.8 Å². The van der Waals surface area contributed by atoms with Crippen LogP contribution < -0.4 is 15.5 Å². The lowest BCUT2D eigenvalue weighted by Crippen LogP contribution is -2.36. The van der Waals surface area contributed by atoms with Crippen LogP contribution >= 0.6 is 23.8 Å². The topological polar surface area (TPSA) is 62.8 Å². The summed E-state index contributed by atoms with van der Waals surface area (Å²) in [5.41, 5.74) is 3.26. The number of ether oxygens (including phenoxy) is 2. The van der Waals surface area contributed by atoms with Crippen LogP contribution in [0.5, 0.6) is 0 Å². The summed E-state index contributed by atoms with van der Waals surface area (Å²) in [7, 11) is 1.32. The van der Waals surface area contributed by atoms with E-state index in [2.05, 4.69) is 39.8 Å². The maximum Gasteiger partial charge on any atom is 0.339 e. The summed E-state index contributed by atoms with van der Waals surface area (Å²) < 4.78 is 10.1. The number of hydrogen-bond acceptors (Lipinski definition) is 5. The van der Waals surface area contributed by atoms with Gasteiger partial charge in [-0.3, -0.25) is 0 Å². The van der Waals surface area contributed by atoms with Gasteiger partial charge in [0.15, 0.2) is 5.11 Å². The zero-order chi connectivity index (χ0) is 20.8. The minimum absolute atomic E-state index is 0.0149. The molecule has 0 radical (unpaired) electrons. The number of carbonyl (C=O) groups is 1. The molecular formula is C21H24ClN3O3S. The molecule has 0 amide bonds. The SMILES string of the molecule is COC(=O)c1cc(NC(=S)NC(C)c2ccc(N3CCOCC3)cc2)ccc1Cl. The highest BCUT2D eigenvalue weighted by atomic mass is 35.5. The molecule has 1 aliphatic rings. The number of nitrogens with one attached hydrogen (secondary N) is 2. The van der Waals surface area contributed by atoms with Crippen molar-refractivity contribution in [1.29, 1.82) is 0 Å². The van der Waals surface area contributed by atoms with Crippen LogP contribution in [0.3, 0.4) is 0 Å². The molecule has 154 valence electrons. The molecule has 29 heavy (non-hydrogen) atoms. The Balaban J connectivity index is 1.59. The molecule has 0 spiro atoms. The van der Waals surface area contributed by atoms with Crippen molar-refractivity contribution in [3.63, 3.8) is 0 Å². The second kappa shape index (κ2) is 9.91. The molecule has 2 aromatic rings. The Bertz CT molecular complexity index is 870. The molecule has 0 aromatic heterocycles. The molecule has 1 heterocycles. The second-order valence-electron chi connectivity index (χ2n) is 6.70. The van der Waals surface area contributed by atoms with Gasteiger partial charge in [0, 0.05) is 24.5 Å². The fraction of sp³-hybridized carbons (Fsp3) is 0.333. The Morgan fingerprint density at radius 3 is 2.55 bits per heavy atom. The number of esters is 1. The maximum atomic E-state index is 11.8. The van der Waals surface area contributed by atoms with E-state index in [1.54, 1.807) is 18.2 Å². The van der Waals surface area contributed by atoms with Crippen LogP contribution in [0.2, 0.25) is 5.02 Å². The number of anilines is 2. The van der Waals surface area contributed by atoms with Crippen molar-refractivity contribution in [2.45, 2.75) is 13.0 Å². The molecule has 3 rings (SSSR count). The van der Waals surface area contributed by atoms with Gasteiger partial charge in [0.05, 0.1) is 37.0 Å². The Labute approximate surface area is 181 Å². The van der Waals surface area contributed by atoms with Crippen LogP contribution in [0.4, 0.5) is 11.4 Å². The van der Waals surface area contributed by atoms with Gasteiger partial charge in [-0.2, -0.15) is 0 Å². The molecule has 0 aliphatic carbocycles. The van der Waals surface area contributed by atoms with Crippen LogP contribution in [0.25, 0.3) is 0 Å². The number of nitrogens with zero attached hydrogens (tertiary/aromatic N) is 1. The first kappa shape index (κ1) is 21.4. The third-order valence-electron chi connectivity index (χ3n) is 4.75. The molecule has 0 saturated carbocycles. The molecular weight excluding hydrogens is 410 g/mol. The van der Waals surface area contributed by atoms with Gasteiger partial charge in [-0.05, 0) is 55.0 Å². The Kier molecular flexibility index (Phi) is 7.30. The van der Waals surface area contributed by atoms with Gasteiger partial charge in [-0.1, -0.05) is 23.7 Å². The molecule has 1 aliphatic heterocycles. The van der Waals surface area contributed by atoms with Crippen LogP contribution in [0.1, 0.15) is 28.9 Å². The number of rotatable bonds is 5. The van der Waals surface area contributed by atoms with Gasteiger partial charge < -0.3 is 25.0 Å². The Morgan fingerprint density at radius 1 is 1.21 bits per heavy atom. The molecule has 2 aromatic carbocycles.